The fourth-order valence-electron chi connectivity index (χ4n) is 1.46. The Morgan fingerprint density at radius 3 is 2.94 bits per heavy atom. The van der Waals surface area contributed by atoms with Crippen LogP contribution in [0.1, 0.15) is 29.3 Å². The molecule has 5 heteroatoms. The largest absolute Gasteiger partial charge is 0.463 e. The van der Waals surface area contributed by atoms with Crippen LogP contribution in [0.25, 0.3) is 0 Å². The topological polar surface area (TPSA) is 51.5 Å². The van der Waals surface area contributed by atoms with Crippen LogP contribution in [0.15, 0.2) is 33.4 Å². The Kier molecular flexibility index (Phi) is 3.49. The molecule has 17 heavy (non-hydrogen) atoms. The van der Waals surface area contributed by atoms with Crippen LogP contribution in [0.4, 0.5) is 5.69 Å². The first-order chi connectivity index (χ1) is 8.20. The zero-order valence-electron chi connectivity index (χ0n) is 9.60. The number of carbonyl (C=O) groups excluding carboxylic acids is 1. The van der Waals surface area contributed by atoms with Crippen LogP contribution >= 0.6 is 11.3 Å². The summed E-state index contributed by atoms with van der Waals surface area (Å²) in [7, 11) is 1.33. The third kappa shape index (κ3) is 2.68. The van der Waals surface area contributed by atoms with E-state index in [4.69, 9.17) is 4.42 Å². The maximum Gasteiger partial charge on any atom is 0.373 e. The van der Waals surface area contributed by atoms with Crippen LogP contribution in [0.5, 0.6) is 0 Å². The van der Waals surface area contributed by atoms with Crippen molar-refractivity contribution < 1.29 is 13.9 Å². The summed E-state index contributed by atoms with van der Waals surface area (Å²) >= 11 is 1.62. The van der Waals surface area contributed by atoms with E-state index in [0.717, 1.165) is 5.69 Å². The number of hydrogen-bond donors (Lipinski definition) is 1. The molecule has 0 amide bonds. The number of methoxy groups -OCH3 is 1. The molecule has 0 aliphatic rings. The monoisotopic (exact) mass is 251 g/mol. The lowest BCUT2D eigenvalue weighted by Crippen LogP contribution is -2.05. The van der Waals surface area contributed by atoms with Crippen molar-refractivity contribution in [1.82, 2.24) is 0 Å². The minimum atomic E-state index is -0.459. The summed E-state index contributed by atoms with van der Waals surface area (Å²) in [6.07, 6.45) is 0. The lowest BCUT2D eigenvalue weighted by Gasteiger charge is -2.10. The molecule has 0 aliphatic carbocycles. The van der Waals surface area contributed by atoms with Crippen LogP contribution in [0, 0.1) is 0 Å². The molecule has 1 atom stereocenters. The Morgan fingerprint density at radius 2 is 2.29 bits per heavy atom. The SMILES string of the molecule is COC(=O)c1ccc(C(C)Nc2ccsc2)o1. The molecule has 0 saturated heterocycles. The van der Waals surface area contributed by atoms with Gasteiger partial charge in [-0.2, -0.15) is 11.3 Å². The molecule has 90 valence electrons. The molecule has 0 fully saturated rings. The molecule has 1 unspecified atom stereocenters. The highest BCUT2D eigenvalue weighted by atomic mass is 32.1. The third-order valence-electron chi connectivity index (χ3n) is 2.34. The van der Waals surface area contributed by atoms with E-state index < -0.39 is 5.97 Å². The fourth-order valence-corrected chi connectivity index (χ4v) is 2.06. The van der Waals surface area contributed by atoms with Crippen LogP contribution in [0.2, 0.25) is 0 Å². The Bertz CT molecular complexity index is 490. The first-order valence-corrected chi connectivity index (χ1v) is 6.12. The molecule has 0 aliphatic heterocycles. The zero-order valence-corrected chi connectivity index (χ0v) is 10.4. The average Bonchev–Trinajstić information content (AvgIpc) is 2.98. The molecule has 0 bridgehead atoms. The maximum absolute atomic E-state index is 11.2. The highest BCUT2D eigenvalue weighted by molar-refractivity contribution is 7.08. The van der Waals surface area contributed by atoms with Gasteiger partial charge in [0.25, 0.3) is 0 Å². The molecule has 2 aromatic rings. The summed E-state index contributed by atoms with van der Waals surface area (Å²) in [6.45, 7) is 1.97. The molecule has 1 N–H and O–H groups in total. The minimum Gasteiger partial charge on any atom is -0.463 e. The fraction of sp³-hybridized carbons (Fsp3) is 0.250. The van der Waals surface area contributed by atoms with E-state index in [0.29, 0.717) is 5.76 Å². The van der Waals surface area contributed by atoms with Crippen molar-refractivity contribution in [3.05, 3.63) is 40.5 Å². The number of thiophene rings is 1. The number of ether oxygens (including phenoxy) is 1. The van der Waals surface area contributed by atoms with E-state index in [1.165, 1.54) is 7.11 Å². The van der Waals surface area contributed by atoms with Gasteiger partial charge in [-0.15, -0.1) is 0 Å². The molecular formula is C12H13NO3S. The van der Waals surface area contributed by atoms with Crippen molar-refractivity contribution in [1.29, 1.82) is 0 Å². The smallest absolute Gasteiger partial charge is 0.373 e. The van der Waals surface area contributed by atoms with Gasteiger partial charge in [0, 0.05) is 11.1 Å². The Hall–Kier alpha value is -1.75. The van der Waals surface area contributed by atoms with Crippen LogP contribution in [0.3, 0.4) is 0 Å². The molecular weight excluding hydrogens is 238 g/mol. The highest BCUT2D eigenvalue weighted by Crippen LogP contribution is 2.22. The molecule has 0 aromatic carbocycles. The summed E-state index contributed by atoms with van der Waals surface area (Å²) in [4.78, 5) is 11.2. The number of nitrogens with one attached hydrogen (secondary N) is 1. The number of carbonyl (C=O) groups is 1. The van der Waals surface area contributed by atoms with Crippen LogP contribution in [-0.2, 0) is 4.74 Å². The highest BCUT2D eigenvalue weighted by Gasteiger charge is 2.15. The van der Waals surface area contributed by atoms with Gasteiger partial charge in [0.05, 0.1) is 13.2 Å². The Balaban J connectivity index is 2.07. The molecule has 2 heterocycles. The normalized spacial score (nSPS) is 12.1. The first-order valence-electron chi connectivity index (χ1n) is 5.17. The average molecular weight is 251 g/mol. The standard InChI is InChI=1S/C12H13NO3S/c1-8(13-9-5-6-17-7-9)10-3-4-11(16-10)12(14)15-2/h3-8,13H,1-2H3. The molecule has 2 aromatic heterocycles. The van der Waals surface area contributed by atoms with E-state index in [1.54, 1.807) is 23.5 Å². The summed E-state index contributed by atoms with van der Waals surface area (Å²) in [5, 5.41) is 7.28. The zero-order chi connectivity index (χ0) is 12.3. The Morgan fingerprint density at radius 1 is 1.47 bits per heavy atom. The number of esters is 1. The van der Waals surface area contributed by atoms with Gasteiger partial charge in [0.1, 0.15) is 5.76 Å². The van der Waals surface area contributed by atoms with Gasteiger partial charge in [-0.1, -0.05) is 0 Å². The third-order valence-corrected chi connectivity index (χ3v) is 3.03. The molecule has 0 saturated carbocycles. The van der Waals surface area contributed by atoms with Gasteiger partial charge in [0.2, 0.25) is 5.76 Å². The summed E-state index contributed by atoms with van der Waals surface area (Å²) in [5.74, 6) is 0.469. The van der Waals surface area contributed by atoms with Crippen molar-refractivity contribution in [2.24, 2.45) is 0 Å². The predicted octanol–water partition coefficient (Wildman–Crippen LogP) is 3.30. The molecule has 4 nitrogen and oxygen atoms in total. The van der Waals surface area contributed by atoms with Crippen molar-refractivity contribution in [3.63, 3.8) is 0 Å². The number of furan rings is 1. The van der Waals surface area contributed by atoms with E-state index in [-0.39, 0.29) is 11.8 Å². The number of anilines is 1. The van der Waals surface area contributed by atoms with Gasteiger partial charge in [-0.05, 0) is 30.5 Å². The van der Waals surface area contributed by atoms with E-state index in [1.807, 2.05) is 23.8 Å². The van der Waals surface area contributed by atoms with E-state index in [2.05, 4.69) is 10.1 Å². The molecule has 2 rings (SSSR count). The predicted molar refractivity (Wildman–Crippen MR) is 66.4 cm³/mol. The van der Waals surface area contributed by atoms with Crippen LogP contribution < -0.4 is 5.32 Å². The lowest BCUT2D eigenvalue weighted by atomic mass is 10.2. The molecule has 0 spiro atoms. The van der Waals surface area contributed by atoms with Crippen molar-refractivity contribution in [2.75, 3.05) is 12.4 Å². The quantitative estimate of drug-likeness (QED) is 0.847. The van der Waals surface area contributed by atoms with Gasteiger partial charge in [0.15, 0.2) is 0 Å². The summed E-state index contributed by atoms with van der Waals surface area (Å²) in [5.41, 5.74) is 1.04. The van der Waals surface area contributed by atoms with Gasteiger partial charge in [-0.25, -0.2) is 4.79 Å². The second-order valence-electron chi connectivity index (χ2n) is 3.57. The van der Waals surface area contributed by atoms with Gasteiger partial charge in [-0.3, -0.25) is 0 Å². The molecule has 0 radical (unpaired) electrons. The number of rotatable bonds is 4. The lowest BCUT2D eigenvalue weighted by molar-refractivity contribution is 0.0562. The van der Waals surface area contributed by atoms with Crippen LogP contribution in [-0.4, -0.2) is 13.1 Å². The van der Waals surface area contributed by atoms with Gasteiger partial charge < -0.3 is 14.5 Å². The second kappa shape index (κ2) is 5.05. The second-order valence-corrected chi connectivity index (χ2v) is 4.35. The number of hydrogen-bond acceptors (Lipinski definition) is 5. The van der Waals surface area contributed by atoms with Crippen molar-refractivity contribution >= 4 is 23.0 Å². The van der Waals surface area contributed by atoms with E-state index >= 15 is 0 Å². The first kappa shape index (κ1) is 11.7. The van der Waals surface area contributed by atoms with E-state index in [9.17, 15) is 4.79 Å². The minimum absolute atomic E-state index is 0.00278. The summed E-state index contributed by atoms with van der Waals surface area (Å²) < 4.78 is 10.00. The summed E-state index contributed by atoms with van der Waals surface area (Å²) in [6, 6.07) is 5.39. The maximum atomic E-state index is 11.2. The van der Waals surface area contributed by atoms with Crippen molar-refractivity contribution in [3.8, 4) is 0 Å². The Labute approximate surface area is 103 Å². The van der Waals surface area contributed by atoms with Crippen molar-refractivity contribution in [2.45, 2.75) is 13.0 Å². The van der Waals surface area contributed by atoms with Gasteiger partial charge >= 0.3 is 5.97 Å².